The molecular weight excluding hydrogens is 521 g/mol. The van der Waals surface area contributed by atoms with Gasteiger partial charge in [-0.3, -0.25) is 9.59 Å². The number of carbonyl (C=O) groups is 2. The Labute approximate surface area is 232 Å². The molecule has 40 heavy (non-hydrogen) atoms. The summed E-state index contributed by atoms with van der Waals surface area (Å²) in [5, 5.41) is 13.9. The van der Waals surface area contributed by atoms with Gasteiger partial charge in [-0.1, -0.05) is 31.1 Å². The molecule has 2 heterocycles. The molecule has 0 saturated carbocycles. The highest BCUT2D eigenvalue weighted by molar-refractivity contribution is 5.96. The molecule has 1 fully saturated rings. The third-order valence-corrected chi connectivity index (χ3v) is 7.50. The van der Waals surface area contributed by atoms with E-state index in [1.165, 1.54) is 24.3 Å². The second-order valence-corrected chi connectivity index (χ2v) is 12.4. The van der Waals surface area contributed by atoms with Crippen molar-refractivity contribution < 1.29 is 32.4 Å². The Balaban J connectivity index is 1.49. The van der Waals surface area contributed by atoms with Crippen molar-refractivity contribution in [3.8, 4) is 11.3 Å². The monoisotopic (exact) mass is 556 g/mol. The molecule has 2 aromatic carbocycles. The number of rotatable bonds is 12. The molecule has 0 unspecified atom stereocenters. The van der Waals surface area contributed by atoms with E-state index in [-0.39, 0.29) is 53.7 Å². The van der Waals surface area contributed by atoms with E-state index in [4.69, 9.17) is 4.52 Å². The summed E-state index contributed by atoms with van der Waals surface area (Å²) in [6.45, 7) is 8.82. The summed E-state index contributed by atoms with van der Waals surface area (Å²) in [5.74, 6) is -2.32. The van der Waals surface area contributed by atoms with E-state index in [0.717, 1.165) is 17.7 Å². The summed E-state index contributed by atoms with van der Waals surface area (Å²) in [6, 6.07) is 10.6. The predicted octanol–water partition coefficient (Wildman–Crippen LogP) is 6.12. The Morgan fingerprint density at radius 1 is 1.00 bits per heavy atom. The Bertz CT molecular complexity index is 1390. The number of hydrogen-bond donors (Lipinski definition) is 1. The number of aliphatic hydroxyl groups is 1. The van der Waals surface area contributed by atoms with Crippen LogP contribution in [-0.2, 0) is 10.2 Å². The molecule has 9 heteroatoms. The number of aromatic nitrogens is 1. The normalized spacial score (nSPS) is 15.6. The van der Waals surface area contributed by atoms with Gasteiger partial charge in [-0.25, -0.2) is 13.2 Å². The quantitative estimate of drug-likeness (QED) is 0.271. The zero-order valence-electron chi connectivity index (χ0n) is 23.3. The lowest BCUT2D eigenvalue weighted by molar-refractivity contribution is -0.126. The Morgan fingerprint density at radius 2 is 1.70 bits per heavy atom. The van der Waals surface area contributed by atoms with Crippen molar-refractivity contribution in [3.05, 3.63) is 77.2 Å². The van der Waals surface area contributed by atoms with Gasteiger partial charge < -0.3 is 14.5 Å². The third kappa shape index (κ3) is 7.26. The number of nitrogens with zero attached hydrogens (tertiary/aromatic N) is 2. The highest BCUT2D eigenvalue weighted by Crippen LogP contribution is 2.41. The maximum absolute atomic E-state index is 14.2. The van der Waals surface area contributed by atoms with Gasteiger partial charge in [0.15, 0.2) is 11.5 Å². The summed E-state index contributed by atoms with van der Waals surface area (Å²) >= 11 is 0. The number of benzene rings is 2. The van der Waals surface area contributed by atoms with Crippen LogP contribution in [-0.4, -0.2) is 52.0 Å². The van der Waals surface area contributed by atoms with Gasteiger partial charge in [-0.2, -0.15) is 0 Å². The molecule has 6 nitrogen and oxygen atoms in total. The van der Waals surface area contributed by atoms with Crippen molar-refractivity contribution >= 4 is 11.6 Å². The number of halogens is 3. The third-order valence-electron chi connectivity index (χ3n) is 7.50. The maximum atomic E-state index is 14.2. The van der Waals surface area contributed by atoms with E-state index in [0.29, 0.717) is 26.1 Å². The summed E-state index contributed by atoms with van der Waals surface area (Å²) < 4.78 is 46.5. The van der Waals surface area contributed by atoms with E-state index in [9.17, 15) is 27.9 Å². The highest BCUT2D eigenvalue weighted by Gasteiger charge is 2.46. The van der Waals surface area contributed by atoms with Gasteiger partial charge in [-0.05, 0) is 55.5 Å². The molecule has 3 aromatic rings. The zero-order chi connectivity index (χ0) is 29.3. The summed E-state index contributed by atoms with van der Waals surface area (Å²) in [4.78, 5) is 28.7. The highest BCUT2D eigenvalue weighted by atomic mass is 19.1. The van der Waals surface area contributed by atoms with Gasteiger partial charge in [0.2, 0.25) is 0 Å². The van der Waals surface area contributed by atoms with Crippen molar-refractivity contribution in [1.82, 2.24) is 10.1 Å². The van der Waals surface area contributed by atoms with Crippen LogP contribution in [0.5, 0.6) is 0 Å². The second kappa shape index (κ2) is 11.3. The molecule has 0 bridgehead atoms. The standard InChI is InChI=1S/C31H35F3N2O4/c1-29(2,20-6-5-7-21(32)12-20)15-23(37)16-31(18-36(19-31)11-10-30(3,4)39)17-27(38)26-14-28(40-35-26)24-9-8-22(33)13-25(24)34/h5-9,12-14,39H,10-11,15-19H2,1-4H3. The van der Waals surface area contributed by atoms with Gasteiger partial charge in [0.05, 0.1) is 11.2 Å². The molecule has 0 atom stereocenters. The van der Waals surface area contributed by atoms with Crippen molar-refractivity contribution in [1.29, 1.82) is 0 Å². The Hall–Kier alpha value is -3.30. The van der Waals surface area contributed by atoms with Crippen molar-refractivity contribution in [2.24, 2.45) is 5.41 Å². The van der Waals surface area contributed by atoms with Crippen LogP contribution in [0.1, 0.15) is 69.4 Å². The molecule has 0 radical (unpaired) electrons. The molecular formula is C31H35F3N2O4. The van der Waals surface area contributed by atoms with E-state index >= 15 is 0 Å². The lowest BCUT2D eigenvalue weighted by Gasteiger charge is -2.50. The van der Waals surface area contributed by atoms with Gasteiger partial charge in [0.25, 0.3) is 0 Å². The summed E-state index contributed by atoms with van der Waals surface area (Å²) in [6.07, 6.45) is 0.880. The Kier molecular flexibility index (Phi) is 8.38. The molecule has 1 aliphatic rings. The SMILES string of the molecule is CC(C)(O)CCN1CC(CC(=O)CC(C)(C)c2cccc(F)c2)(CC(=O)c2cc(-c3ccc(F)cc3F)on2)C1. The predicted molar refractivity (Wildman–Crippen MR) is 144 cm³/mol. The molecule has 1 aliphatic heterocycles. The van der Waals surface area contributed by atoms with Gasteiger partial charge in [0.1, 0.15) is 28.9 Å². The minimum Gasteiger partial charge on any atom is -0.390 e. The minimum atomic E-state index is -0.842. The largest absolute Gasteiger partial charge is 0.390 e. The number of carbonyl (C=O) groups excluding carboxylic acids is 2. The molecule has 0 spiro atoms. The smallest absolute Gasteiger partial charge is 0.185 e. The summed E-state index contributed by atoms with van der Waals surface area (Å²) in [7, 11) is 0. The van der Waals surface area contributed by atoms with Crippen LogP contribution in [0.2, 0.25) is 0 Å². The molecule has 1 aromatic heterocycles. The van der Waals surface area contributed by atoms with E-state index in [1.807, 2.05) is 13.8 Å². The molecule has 214 valence electrons. The molecule has 1 saturated heterocycles. The van der Waals surface area contributed by atoms with E-state index < -0.39 is 28.1 Å². The first kappa shape index (κ1) is 29.7. The molecule has 0 aliphatic carbocycles. The van der Waals surface area contributed by atoms with Crippen LogP contribution in [0, 0.1) is 22.9 Å². The Morgan fingerprint density at radius 3 is 2.35 bits per heavy atom. The van der Waals surface area contributed by atoms with Gasteiger partial charge in [0, 0.05) is 56.4 Å². The minimum absolute atomic E-state index is 0.000538. The lowest BCUT2D eigenvalue weighted by Crippen LogP contribution is -2.58. The van der Waals surface area contributed by atoms with Gasteiger partial charge >= 0.3 is 0 Å². The van der Waals surface area contributed by atoms with E-state index in [2.05, 4.69) is 10.1 Å². The second-order valence-electron chi connectivity index (χ2n) is 12.4. The first-order valence-corrected chi connectivity index (χ1v) is 13.3. The fourth-order valence-corrected chi connectivity index (χ4v) is 5.42. The van der Waals surface area contributed by atoms with Crippen LogP contribution in [0.15, 0.2) is 53.1 Å². The fourth-order valence-electron chi connectivity index (χ4n) is 5.42. The van der Waals surface area contributed by atoms with Crippen LogP contribution in [0.4, 0.5) is 13.2 Å². The lowest BCUT2D eigenvalue weighted by atomic mass is 9.69. The zero-order valence-corrected chi connectivity index (χ0v) is 23.3. The first-order valence-electron chi connectivity index (χ1n) is 13.3. The van der Waals surface area contributed by atoms with Crippen molar-refractivity contribution in [2.45, 2.75) is 64.4 Å². The van der Waals surface area contributed by atoms with Crippen molar-refractivity contribution in [3.63, 3.8) is 0 Å². The number of hydrogen-bond acceptors (Lipinski definition) is 6. The van der Waals surface area contributed by atoms with Crippen LogP contribution >= 0.6 is 0 Å². The average molecular weight is 557 g/mol. The average Bonchev–Trinajstić information content (AvgIpc) is 3.30. The van der Waals surface area contributed by atoms with Crippen LogP contribution < -0.4 is 0 Å². The number of ketones is 2. The van der Waals surface area contributed by atoms with Crippen molar-refractivity contribution in [2.75, 3.05) is 19.6 Å². The van der Waals surface area contributed by atoms with Crippen LogP contribution in [0.25, 0.3) is 11.3 Å². The summed E-state index contributed by atoms with van der Waals surface area (Å²) in [5.41, 5.74) is -1.39. The molecule has 4 rings (SSSR count). The van der Waals surface area contributed by atoms with Crippen LogP contribution in [0.3, 0.4) is 0 Å². The number of Topliss-reactive ketones (excluding diaryl/α,β-unsaturated/α-hetero) is 2. The fraction of sp³-hybridized carbons (Fsp3) is 0.452. The van der Waals surface area contributed by atoms with E-state index in [1.54, 1.807) is 26.0 Å². The topological polar surface area (TPSA) is 83.6 Å². The maximum Gasteiger partial charge on any atom is 0.185 e. The van der Waals surface area contributed by atoms with Gasteiger partial charge in [-0.15, -0.1) is 0 Å². The molecule has 1 N–H and O–H groups in total. The molecule has 0 amide bonds. The number of likely N-dealkylation sites (tertiary alicyclic amines) is 1. The first-order chi connectivity index (χ1) is 18.6.